The molecular formula is C11H13ClN2O2. The molecule has 0 unspecified atom stereocenters. The maximum absolute atomic E-state index is 11.4. The van der Waals surface area contributed by atoms with Gasteiger partial charge >= 0.3 is 5.97 Å². The number of hydrogen-bond donors (Lipinski definition) is 0. The molecule has 0 fully saturated rings. The van der Waals surface area contributed by atoms with Crippen molar-refractivity contribution in [3.05, 3.63) is 22.2 Å². The fourth-order valence-corrected chi connectivity index (χ4v) is 2.09. The first-order valence-electron chi connectivity index (χ1n) is 5.36. The summed E-state index contributed by atoms with van der Waals surface area (Å²) < 4.78 is 4.61. The van der Waals surface area contributed by atoms with Crippen LogP contribution in [0.1, 0.15) is 41.1 Å². The molecule has 0 aromatic carbocycles. The van der Waals surface area contributed by atoms with Gasteiger partial charge in [-0.25, -0.2) is 14.8 Å². The average Bonchev–Trinajstić information content (AvgIpc) is 2.51. The van der Waals surface area contributed by atoms with Crippen LogP contribution in [0.5, 0.6) is 0 Å². The lowest BCUT2D eigenvalue weighted by Gasteiger charge is -2.07. The number of rotatable bonds is 1. The van der Waals surface area contributed by atoms with Gasteiger partial charge in [0.05, 0.1) is 18.5 Å². The number of carbonyl (C=O) groups is 1. The number of methoxy groups -OCH3 is 1. The van der Waals surface area contributed by atoms with E-state index in [4.69, 9.17) is 11.6 Å². The molecule has 0 aliphatic heterocycles. The van der Waals surface area contributed by atoms with Crippen LogP contribution in [0.2, 0.25) is 5.15 Å². The molecule has 86 valence electrons. The number of ether oxygens (including phenoxy) is 1. The topological polar surface area (TPSA) is 52.1 Å². The first kappa shape index (κ1) is 11.3. The Bertz CT molecular complexity index is 421. The lowest BCUT2D eigenvalue weighted by Crippen LogP contribution is -2.11. The van der Waals surface area contributed by atoms with E-state index in [1.807, 2.05) is 0 Å². The highest BCUT2D eigenvalue weighted by molar-refractivity contribution is 6.32. The van der Waals surface area contributed by atoms with E-state index < -0.39 is 5.97 Å². The van der Waals surface area contributed by atoms with Crippen molar-refractivity contribution in [1.82, 2.24) is 9.97 Å². The fourth-order valence-electron chi connectivity index (χ4n) is 1.87. The monoisotopic (exact) mass is 240 g/mol. The van der Waals surface area contributed by atoms with Crippen LogP contribution in [-0.2, 0) is 17.6 Å². The molecule has 4 nitrogen and oxygen atoms in total. The van der Waals surface area contributed by atoms with Crippen LogP contribution < -0.4 is 0 Å². The van der Waals surface area contributed by atoms with Crippen molar-refractivity contribution in [2.75, 3.05) is 7.11 Å². The van der Waals surface area contributed by atoms with E-state index in [1.165, 1.54) is 13.5 Å². The summed E-state index contributed by atoms with van der Waals surface area (Å²) in [6.45, 7) is 0. The highest BCUT2D eigenvalue weighted by Crippen LogP contribution is 2.21. The van der Waals surface area contributed by atoms with Gasteiger partial charge in [0.25, 0.3) is 0 Å². The number of hydrogen-bond acceptors (Lipinski definition) is 4. The van der Waals surface area contributed by atoms with E-state index in [0.717, 1.165) is 37.1 Å². The van der Waals surface area contributed by atoms with Gasteiger partial charge in [-0.1, -0.05) is 18.0 Å². The van der Waals surface area contributed by atoms with Crippen molar-refractivity contribution in [2.24, 2.45) is 0 Å². The Morgan fingerprint density at radius 2 is 1.81 bits per heavy atom. The van der Waals surface area contributed by atoms with Gasteiger partial charge in [-0.2, -0.15) is 0 Å². The van der Waals surface area contributed by atoms with Crippen LogP contribution in [-0.4, -0.2) is 23.0 Å². The van der Waals surface area contributed by atoms with Gasteiger partial charge in [0, 0.05) is 0 Å². The number of halogens is 1. The van der Waals surface area contributed by atoms with Crippen molar-refractivity contribution in [1.29, 1.82) is 0 Å². The lowest BCUT2D eigenvalue weighted by molar-refractivity contribution is 0.0593. The number of aromatic nitrogens is 2. The second-order valence-corrected chi connectivity index (χ2v) is 4.17. The number of esters is 1. The third-order valence-corrected chi connectivity index (χ3v) is 2.98. The smallest absolute Gasteiger partial charge is 0.359 e. The van der Waals surface area contributed by atoms with Gasteiger partial charge in [0.2, 0.25) is 0 Å². The maximum Gasteiger partial charge on any atom is 0.359 e. The van der Waals surface area contributed by atoms with Crippen molar-refractivity contribution in [2.45, 2.75) is 32.1 Å². The molecule has 1 aromatic heterocycles. The highest BCUT2D eigenvalue weighted by Gasteiger charge is 2.19. The minimum Gasteiger partial charge on any atom is -0.464 e. The molecule has 0 bridgehead atoms. The number of aryl methyl sites for hydroxylation is 2. The Kier molecular flexibility index (Phi) is 3.39. The summed E-state index contributed by atoms with van der Waals surface area (Å²) in [6.07, 6.45) is 5.12. The molecular weight excluding hydrogens is 228 g/mol. The summed E-state index contributed by atoms with van der Waals surface area (Å²) >= 11 is 5.91. The molecule has 0 radical (unpaired) electrons. The van der Waals surface area contributed by atoms with Crippen LogP contribution in [0.25, 0.3) is 0 Å². The van der Waals surface area contributed by atoms with Crippen LogP contribution >= 0.6 is 11.6 Å². The van der Waals surface area contributed by atoms with Gasteiger partial charge in [-0.3, -0.25) is 0 Å². The standard InChI is InChI=1S/C11H13ClN2O2/c1-16-11(15)9-10(12)14-8-6-4-2-3-5-7(8)13-9/h2-6H2,1H3. The van der Waals surface area contributed by atoms with E-state index in [0.29, 0.717) is 0 Å². The Hall–Kier alpha value is -1.16. The zero-order valence-electron chi connectivity index (χ0n) is 9.12. The third kappa shape index (κ3) is 2.16. The molecule has 1 aliphatic rings. The first-order valence-corrected chi connectivity index (χ1v) is 5.73. The zero-order valence-corrected chi connectivity index (χ0v) is 9.88. The van der Waals surface area contributed by atoms with E-state index in [-0.39, 0.29) is 10.8 Å². The van der Waals surface area contributed by atoms with Crippen molar-refractivity contribution in [3.8, 4) is 0 Å². The summed E-state index contributed by atoms with van der Waals surface area (Å²) in [5.41, 5.74) is 1.95. The molecule has 0 N–H and O–H groups in total. The third-order valence-electron chi connectivity index (χ3n) is 2.71. The van der Waals surface area contributed by atoms with E-state index in [2.05, 4.69) is 14.7 Å². The maximum atomic E-state index is 11.4. The minimum atomic E-state index is -0.524. The first-order chi connectivity index (χ1) is 7.72. The number of carbonyl (C=O) groups excluding carboxylic acids is 1. The Morgan fingerprint density at radius 3 is 2.44 bits per heavy atom. The average molecular weight is 241 g/mol. The van der Waals surface area contributed by atoms with Gasteiger partial charge < -0.3 is 4.74 Å². The second kappa shape index (κ2) is 4.78. The van der Waals surface area contributed by atoms with E-state index >= 15 is 0 Å². The van der Waals surface area contributed by atoms with Gasteiger partial charge in [0.15, 0.2) is 10.8 Å². The number of fused-ring (bicyclic) bond motifs is 1. The Balaban J connectivity index is 2.42. The van der Waals surface area contributed by atoms with E-state index in [9.17, 15) is 4.79 Å². The summed E-state index contributed by atoms with van der Waals surface area (Å²) in [5, 5.41) is 0.146. The molecule has 2 rings (SSSR count). The molecule has 16 heavy (non-hydrogen) atoms. The number of nitrogens with zero attached hydrogens (tertiary/aromatic N) is 2. The fraction of sp³-hybridized carbons (Fsp3) is 0.545. The largest absolute Gasteiger partial charge is 0.464 e. The minimum absolute atomic E-state index is 0.129. The summed E-state index contributed by atoms with van der Waals surface area (Å²) in [4.78, 5) is 19.9. The predicted octanol–water partition coefficient (Wildman–Crippen LogP) is 2.19. The Labute approximate surface area is 99.0 Å². The molecule has 5 heteroatoms. The summed E-state index contributed by atoms with van der Waals surface area (Å²) in [6, 6.07) is 0. The molecule has 0 amide bonds. The van der Waals surface area contributed by atoms with Crippen LogP contribution in [0.15, 0.2) is 0 Å². The molecule has 0 atom stereocenters. The molecule has 0 saturated heterocycles. The SMILES string of the molecule is COC(=O)c1nc2c(nc1Cl)CCCCC2. The molecule has 1 aliphatic carbocycles. The van der Waals surface area contributed by atoms with Gasteiger partial charge in [-0.15, -0.1) is 0 Å². The highest BCUT2D eigenvalue weighted by atomic mass is 35.5. The second-order valence-electron chi connectivity index (χ2n) is 3.81. The lowest BCUT2D eigenvalue weighted by atomic mass is 10.2. The molecule has 0 spiro atoms. The quantitative estimate of drug-likeness (QED) is 0.558. The van der Waals surface area contributed by atoms with Crippen molar-refractivity contribution in [3.63, 3.8) is 0 Å². The summed E-state index contributed by atoms with van der Waals surface area (Å²) in [5.74, 6) is -0.524. The molecule has 0 saturated carbocycles. The normalized spacial score (nSPS) is 15.1. The summed E-state index contributed by atoms with van der Waals surface area (Å²) in [7, 11) is 1.31. The van der Waals surface area contributed by atoms with Crippen LogP contribution in [0, 0.1) is 0 Å². The molecule has 1 aromatic rings. The predicted molar refractivity (Wildman–Crippen MR) is 59.6 cm³/mol. The van der Waals surface area contributed by atoms with Crippen LogP contribution in [0.3, 0.4) is 0 Å². The van der Waals surface area contributed by atoms with E-state index in [1.54, 1.807) is 0 Å². The van der Waals surface area contributed by atoms with Crippen molar-refractivity contribution < 1.29 is 9.53 Å². The van der Waals surface area contributed by atoms with Gasteiger partial charge in [0.1, 0.15) is 0 Å². The van der Waals surface area contributed by atoms with Crippen LogP contribution in [0.4, 0.5) is 0 Å². The zero-order chi connectivity index (χ0) is 11.5. The molecule has 1 heterocycles. The van der Waals surface area contributed by atoms with Crippen molar-refractivity contribution >= 4 is 17.6 Å². The Morgan fingerprint density at radius 1 is 1.19 bits per heavy atom. The van der Waals surface area contributed by atoms with Gasteiger partial charge in [-0.05, 0) is 25.7 Å².